The van der Waals surface area contributed by atoms with Gasteiger partial charge in [-0.05, 0) is 23.8 Å². The van der Waals surface area contributed by atoms with E-state index in [1.807, 2.05) is 12.1 Å². The lowest BCUT2D eigenvalue weighted by atomic mass is 10.2. The van der Waals surface area contributed by atoms with Crippen LogP contribution in [0.25, 0.3) is 0 Å². The molecule has 0 saturated heterocycles. The van der Waals surface area contributed by atoms with Crippen LogP contribution in [-0.4, -0.2) is 0 Å². The fourth-order valence-corrected chi connectivity index (χ4v) is 0.706. The fourth-order valence-electron chi connectivity index (χ4n) is 0.706. The summed E-state index contributed by atoms with van der Waals surface area (Å²) in [6, 6.07) is 2.03. The highest BCUT2D eigenvalue weighted by Gasteiger charge is 1.89. The average Bonchev–Trinajstić information content (AvgIpc) is 2.28. The van der Waals surface area contributed by atoms with Crippen molar-refractivity contribution >= 4 is 0 Å². The van der Waals surface area contributed by atoms with Crippen molar-refractivity contribution in [1.82, 2.24) is 0 Å². The van der Waals surface area contributed by atoms with Crippen LogP contribution in [0.1, 0.15) is 0 Å². The zero-order valence-electron chi connectivity index (χ0n) is 6.04. The first-order chi connectivity index (χ1) is 5.36. The summed E-state index contributed by atoms with van der Waals surface area (Å²) in [5.74, 6) is 0. The predicted molar refractivity (Wildman–Crippen MR) is 44.6 cm³/mol. The molecular weight excluding hydrogens is 134 g/mol. The van der Waals surface area contributed by atoms with Crippen molar-refractivity contribution in [1.29, 1.82) is 5.26 Å². The van der Waals surface area contributed by atoms with E-state index in [-0.39, 0.29) is 0 Å². The molecule has 0 heterocycles. The maximum Gasteiger partial charge on any atom is 0.0998 e. The topological polar surface area (TPSA) is 23.8 Å². The van der Waals surface area contributed by atoms with E-state index in [1.165, 1.54) is 0 Å². The van der Waals surface area contributed by atoms with Gasteiger partial charge in [-0.2, -0.15) is 5.26 Å². The molecule has 0 radical (unpaired) electrons. The first kappa shape index (κ1) is 7.34. The van der Waals surface area contributed by atoms with E-state index < -0.39 is 0 Å². The highest BCUT2D eigenvalue weighted by Crippen LogP contribution is 2.05. The van der Waals surface area contributed by atoms with E-state index in [9.17, 15) is 0 Å². The van der Waals surface area contributed by atoms with Crippen LogP contribution < -0.4 is 0 Å². The lowest BCUT2D eigenvalue weighted by Crippen LogP contribution is -1.67. The Hall–Kier alpha value is -1.77. The normalized spacial score (nSPS) is 14.5. The average molecular weight is 141 g/mol. The Bertz CT molecular complexity index is 328. The molecule has 1 aliphatic carbocycles. The summed E-state index contributed by atoms with van der Waals surface area (Å²) in [6.07, 6.45) is 8.73. The second-order valence-electron chi connectivity index (χ2n) is 2.06. The first-order valence-corrected chi connectivity index (χ1v) is 3.24. The number of rotatable bonds is 1. The third-order valence-corrected chi connectivity index (χ3v) is 1.31. The standard InChI is InChI=1S/C10H7N/c1-2-9-4-3-5-10(8-11)7-6-9/h2,4-7H,1H2. The summed E-state index contributed by atoms with van der Waals surface area (Å²) < 4.78 is 0. The van der Waals surface area contributed by atoms with Crippen molar-refractivity contribution in [3.8, 4) is 6.07 Å². The minimum absolute atomic E-state index is 0.609. The Kier molecular flexibility index (Phi) is 2.28. The van der Waals surface area contributed by atoms with Gasteiger partial charge in [0, 0.05) is 0 Å². The Balaban J connectivity index is 3.07. The summed E-state index contributed by atoms with van der Waals surface area (Å²) in [7, 11) is 0. The highest BCUT2D eigenvalue weighted by molar-refractivity contribution is 5.43. The van der Waals surface area contributed by atoms with Gasteiger partial charge in [-0.3, -0.25) is 0 Å². The molecule has 1 heteroatoms. The lowest BCUT2D eigenvalue weighted by molar-refractivity contribution is 1.50. The van der Waals surface area contributed by atoms with E-state index in [4.69, 9.17) is 5.26 Å². The number of nitrogens with zero attached hydrogens (tertiary/aromatic N) is 1. The molecular formula is C10H7N. The van der Waals surface area contributed by atoms with E-state index in [0.717, 1.165) is 5.57 Å². The molecule has 0 aromatic heterocycles. The van der Waals surface area contributed by atoms with Crippen molar-refractivity contribution in [2.75, 3.05) is 0 Å². The third-order valence-electron chi connectivity index (χ3n) is 1.31. The molecule has 1 nitrogen and oxygen atoms in total. The van der Waals surface area contributed by atoms with Gasteiger partial charge >= 0.3 is 0 Å². The number of allylic oxidation sites excluding steroid dienone is 6. The van der Waals surface area contributed by atoms with Crippen LogP contribution in [0.5, 0.6) is 0 Å². The zero-order valence-corrected chi connectivity index (χ0v) is 6.04. The summed E-state index contributed by atoms with van der Waals surface area (Å²) in [5, 5.41) is 8.52. The molecule has 0 saturated carbocycles. The van der Waals surface area contributed by atoms with E-state index in [0.29, 0.717) is 5.57 Å². The second kappa shape index (κ2) is 3.41. The van der Waals surface area contributed by atoms with Crippen molar-refractivity contribution < 1.29 is 0 Å². The quantitative estimate of drug-likeness (QED) is 0.514. The van der Waals surface area contributed by atoms with Gasteiger partial charge in [-0.25, -0.2) is 0 Å². The molecule has 0 aliphatic heterocycles. The maximum absolute atomic E-state index is 8.52. The van der Waals surface area contributed by atoms with E-state index in [1.54, 1.807) is 24.3 Å². The summed E-state index contributed by atoms with van der Waals surface area (Å²) >= 11 is 0. The molecule has 0 atom stereocenters. The lowest BCUT2D eigenvalue weighted by Gasteiger charge is -1.83. The van der Waals surface area contributed by atoms with Gasteiger partial charge in [0.1, 0.15) is 0 Å². The monoisotopic (exact) mass is 141 g/mol. The Morgan fingerprint density at radius 3 is 2.91 bits per heavy atom. The van der Waals surface area contributed by atoms with Gasteiger partial charge in [0.2, 0.25) is 0 Å². The van der Waals surface area contributed by atoms with Crippen molar-refractivity contribution in [3.63, 3.8) is 0 Å². The number of hydrogen-bond acceptors (Lipinski definition) is 1. The molecule has 0 bridgehead atoms. The Morgan fingerprint density at radius 2 is 2.27 bits per heavy atom. The Morgan fingerprint density at radius 1 is 1.45 bits per heavy atom. The van der Waals surface area contributed by atoms with Crippen LogP contribution in [0.15, 0.2) is 53.8 Å². The van der Waals surface area contributed by atoms with Gasteiger partial charge in [0.05, 0.1) is 11.6 Å². The molecule has 1 aliphatic rings. The zero-order chi connectivity index (χ0) is 8.10. The van der Waals surface area contributed by atoms with Crippen molar-refractivity contribution in [3.05, 3.63) is 53.8 Å². The summed E-state index contributed by atoms with van der Waals surface area (Å²) in [6.45, 7) is 3.61. The van der Waals surface area contributed by atoms with Crippen molar-refractivity contribution in [2.45, 2.75) is 0 Å². The summed E-state index contributed by atoms with van der Waals surface area (Å²) in [5.41, 5.74) is 4.44. The fraction of sp³-hybridized carbons (Fsp3) is 0. The van der Waals surface area contributed by atoms with Crippen LogP contribution in [0, 0.1) is 11.3 Å². The number of nitriles is 1. The summed E-state index contributed by atoms with van der Waals surface area (Å²) in [4.78, 5) is 0. The second-order valence-corrected chi connectivity index (χ2v) is 2.06. The minimum Gasteiger partial charge on any atom is -0.192 e. The van der Waals surface area contributed by atoms with Crippen LogP contribution in [0.3, 0.4) is 0 Å². The van der Waals surface area contributed by atoms with Gasteiger partial charge in [0.15, 0.2) is 0 Å². The molecule has 0 spiro atoms. The van der Waals surface area contributed by atoms with Crippen molar-refractivity contribution in [2.24, 2.45) is 0 Å². The molecule has 1 rings (SSSR count). The van der Waals surface area contributed by atoms with Gasteiger partial charge < -0.3 is 0 Å². The molecule has 52 valence electrons. The Labute approximate surface area is 66.0 Å². The van der Waals surface area contributed by atoms with E-state index in [2.05, 4.69) is 12.3 Å². The maximum atomic E-state index is 8.52. The first-order valence-electron chi connectivity index (χ1n) is 3.24. The van der Waals surface area contributed by atoms with E-state index >= 15 is 0 Å². The van der Waals surface area contributed by atoms with Gasteiger partial charge in [-0.1, -0.05) is 18.7 Å². The molecule has 11 heavy (non-hydrogen) atoms. The molecule has 0 aromatic rings. The third kappa shape index (κ3) is 1.82. The predicted octanol–water partition coefficient (Wildman–Crippen LogP) is 2.27. The highest BCUT2D eigenvalue weighted by atomic mass is 14.2. The SMILES string of the molecule is C=CC1=CC=C(C#N)C=C=C1. The van der Waals surface area contributed by atoms with Gasteiger partial charge in [0.25, 0.3) is 0 Å². The molecule has 0 N–H and O–H groups in total. The number of hydrogen-bond donors (Lipinski definition) is 0. The smallest absolute Gasteiger partial charge is 0.0998 e. The largest absolute Gasteiger partial charge is 0.192 e. The minimum atomic E-state index is 0.609. The molecule has 0 unspecified atom stereocenters. The van der Waals surface area contributed by atoms with Crippen LogP contribution >= 0.6 is 0 Å². The van der Waals surface area contributed by atoms with Crippen LogP contribution in [0.4, 0.5) is 0 Å². The van der Waals surface area contributed by atoms with Crippen LogP contribution in [-0.2, 0) is 0 Å². The van der Waals surface area contributed by atoms with Gasteiger partial charge in [-0.15, -0.1) is 5.73 Å². The molecule has 0 aromatic carbocycles. The molecule has 0 fully saturated rings. The molecule has 0 amide bonds. The van der Waals surface area contributed by atoms with Crippen LogP contribution in [0.2, 0.25) is 0 Å².